The van der Waals surface area contributed by atoms with Crippen molar-refractivity contribution < 1.29 is 5.11 Å². The number of aryl methyl sites for hydroxylation is 2. The summed E-state index contributed by atoms with van der Waals surface area (Å²) < 4.78 is 1.64. The molecule has 0 atom stereocenters. The number of aromatic amines is 1. The molecule has 0 radical (unpaired) electrons. The van der Waals surface area contributed by atoms with E-state index in [9.17, 15) is 0 Å². The lowest BCUT2D eigenvalue weighted by Crippen LogP contribution is -1.93. The molecule has 5 heteroatoms. The number of hydrogen-bond donors (Lipinski definition) is 2. The molecule has 0 spiro atoms. The van der Waals surface area contributed by atoms with Crippen molar-refractivity contribution in [2.45, 2.75) is 33.3 Å². The highest BCUT2D eigenvalue weighted by molar-refractivity contribution is 5.49. The molecular formula is C9H14N4O. The van der Waals surface area contributed by atoms with Crippen LogP contribution < -0.4 is 0 Å². The summed E-state index contributed by atoms with van der Waals surface area (Å²) in [5, 5.41) is 16.4. The molecule has 5 nitrogen and oxygen atoms in total. The molecule has 14 heavy (non-hydrogen) atoms. The second-order valence-corrected chi connectivity index (χ2v) is 3.20. The Labute approximate surface area is 81.8 Å². The lowest BCUT2D eigenvalue weighted by Gasteiger charge is -1.93. The topological polar surface area (TPSA) is 66.2 Å². The minimum absolute atomic E-state index is 0.00959. The Morgan fingerprint density at radius 1 is 1.36 bits per heavy atom. The van der Waals surface area contributed by atoms with Crippen LogP contribution in [0.5, 0.6) is 0 Å². The van der Waals surface area contributed by atoms with Crippen LogP contribution in [0.2, 0.25) is 0 Å². The van der Waals surface area contributed by atoms with E-state index in [0.29, 0.717) is 0 Å². The molecule has 0 unspecified atom stereocenters. The predicted molar refractivity (Wildman–Crippen MR) is 52.0 cm³/mol. The number of hydrogen-bond acceptors (Lipinski definition) is 3. The Kier molecular flexibility index (Phi) is 2.25. The molecular weight excluding hydrogens is 180 g/mol. The van der Waals surface area contributed by atoms with Crippen LogP contribution in [-0.4, -0.2) is 24.9 Å². The van der Waals surface area contributed by atoms with E-state index in [1.165, 1.54) is 0 Å². The second kappa shape index (κ2) is 3.42. The molecule has 0 aromatic carbocycles. The van der Waals surface area contributed by atoms with Crippen LogP contribution in [0.15, 0.2) is 0 Å². The van der Waals surface area contributed by atoms with Crippen LogP contribution in [0.1, 0.15) is 30.9 Å². The van der Waals surface area contributed by atoms with Crippen LogP contribution in [0.4, 0.5) is 0 Å². The number of aliphatic hydroxyl groups is 1. The van der Waals surface area contributed by atoms with E-state index in [1.54, 1.807) is 4.63 Å². The average Bonchev–Trinajstić information content (AvgIpc) is 2.72. The lowest BCUT2D eigenvalue weighted by molar-refractivity contribution is 0.274. The number of nitrogens with zero attached hydrogens (tertiary/aromatic N) is 3. The third kappa shape index (κ3) is 1.21. The van der Waals surface area contributed by atoms with Crippen molar-refractivity contribution in [3.63, 3.8) is 0 Å². The van der Waals surface area contributed by atoms with Gasteiger partial charge in [-0.2, -0.15) is 4.63 Å². The van der Waals surface area contributed by atoms with E-state index in [1.807, 2.05) is 13.8 Å². The first-order valence-corrected chi connectivity index (χ1v) is 4.86. The van der Waals surface area contributed by atoms with Gasteiger partial charge in [-0.1, -0.05) is 13.8 Å². The van der Waals surface area contributed by atoms with E-state index >= 15 is 0 Å². The van der Waals surface area contributed by atoms with Crippen LogP contribution in [0.3, 0.4) is 0 Å². The number of fused-ring (bicyclic) bond motifs is 1. The third-order valence-electron chi connectivity index (χ3n) is 2.35. The van der Waals surface area contributed by atoms with E-state index in [-0.39, 0.29) is 6.61 Å². The Morgan fingerprint density at radius 3 is 2.71 bits per heavy atom. The van der Waals surface area contributed by atoms with Crippen molar-refractivity contribution in [3.8, 4) is 0 Å². The summed E-state index contributed by atoms with van der Waals surface area (Å²) in [6, 6.07) is 0. The van der Waals surface area contributed by atoms with E-state index in [2.05, 4.69) is 15.2 Å². The molecule has 0 fully saturated rings. The molecule has 0 aliphatic rings. The van der Waals surface area contributed by atoms with Crippen LogP contribution >= 0.6 is 0 Å². The second-order valence-electron chi connectivity index (χ2n) is 3.20. The highest BCUT2D eigenvalue weighted by Crippen LogP contribution is 2.14. The molecule has 0 amide bonds. The summed E-state index contributed by atoms with van der Waals surface area (Å²) in [4.78, 5) is 4.38. The first-order chi connectivity index (χ1) is 6.80. The molecule has 0 bridgehead atoms. The molecule has 0 saturated carbocycles. The molecule has 2 heterocycles. The zero-order valence-corrected chi connectivity index (χ0v) is 8.41. The van der Waals surface area contributed by atoms with Crippen molar-refractivity contribution in [2.24, 2.45) is 0 Å². The maximum absolute atomic E-state index is 9.10. The molecule has 2 aromatic heterocycles. The minimum atomic E-state index is 0.00959. The zero-order valence-electron chi connectivity index (χ0n) is 8.41. The van der Waals surface area contributed by atoms with Gasteiger partial charge in [0, 0.05) is 12.0 Å². The quantitative estimate of drug-likeness (QED) is 0.754. The largest absolute Gasteiger partial charge is 0.390 e. The maximum Gasteiger partial charge on any atom is 0.179 e. The summed E-state index contributed by atoms with van der Waals surface area (Å²) in [7, 11) is 0. The SMILES string of the molecule is CCc1nc2c(CC)c(CO)[nH]n2n1. The fourth-order valence-electron chi connectivity index (χ4n) is 1.61. The predicted octanol–water partition coefficient (Wildman–Crippen LogP) is 0.674. The van der Waals surface area contributed by atoms with Crippen molar-refractivity contribution in [1.82, 2.24) is 19.8 Å². The first kappa shape index (κ1) is 9.21. The van der Waals surface area contributed by atoms with Crippen molar-refractivity contribution in [1.29, 1.82) is 0 Å². The average molecular weight is 194 g/mol. The van der Waals surface area contributed by atoms with Gasteiger partial charge in [0.15, 0.2) is 11.5 Å². The first-order valence-electron chi connectivity index (χ1n) is 4.86. The molecule has 2 N–H and O–H groups in total. The smallest absolute Gasteiger partial charge is 0.179 e. The molecule has 76 valence electrons. The fraction of sp³-hybridized carbons (Fsp3) is 0.556. The summed E-state index contributed by atoms with van der Waals surface area (Å²) >= 11 is 0. The van der Waals surface area contributed by atoms with E-state index in [4.69, 9.17) is 5.11 Å². The van der Waals surface area contributed by atoms with Gasteiger partial charge in [-0.3, -0.25) is 5.10 Å². The standard InChI is InChI=1S/C9H14N4O/c1-3-6-7(5-14)11-13-9(6)10-8(4-2)12-13/h11,14H,3-5H2,1-2H3. The third-order valence-corrected chi connectivity index (χ3v) is 2.35. The van der Waals surface area contributed by atoms with Gasteiger partial charge in [0.25, 0.3) is 0 Å². The molecule has 2 aromatic rings. The van der Waals surface area contributed by atoms with Gasteiger partial charge in [-0.25, -0.2) is 4.98 Å². The number of aliphatic hydroxyl groups excluding tert-OH is 1. The minimum Gasteiger partial charge on any atom is -0.390 e. The number of H-pyrrole nitrogens is 1. The van der Waals surface area contributed by atoms with Crippen molar-refractivity contribution in [2.75, 3.05) is 0 Å². The Bertz CT molecular complexity index is 443. The number of rotatable bonds is 3. The van der Waals surface area contributed by atoms with Gasteiger partial charge in [0.1, 0.15) is 0 Å². The van der Waals surface area contributed by atoms with Gasteiger partial charge in [0.2, 0.25) is 0 Å². The normalized spacial score (nSPS) is 11.4. The number of aromatic nitrogens is 4. The Morgan fingerprint density at radius 2 is 2.14 bits per heavy atom. The highest BCUT2D eigenvalue weighted by atomic mass is 16.3. The van der Waals surface area contributed by atoms with E-state index < -0.39 is 0 Å². The molecule has 0 aliphatic carbocycles. The lowest BCUT2D eigenvalue weighted by atomic mass is 10.2. The number of nitrogens with one attached hydrogen (secondary N) is 1. The zero-order chi connectivity index (χ0) is 10.1. The fourth-order valence-corrected chi connectivity index (χ4v) is 1.61. The molecule has 0 aliphatic heterocycles. The van der Waals surface area contributed by atoms with Crippen molar-refractivity contribution in [3.05, 3.63) is 17.1 Å². The summed E-state index contributed by atoms with van der Waals surface area (Å²) in [6.45, 7) is 4.08. The molecule has 2 rings (SSSR count). The Hall–Kier alpha value is -1.36. The van der Waals surface area contributed by atoms with Gasteiger partial charge >= 0.3 is 0 Å². The van der Waals surface area contributed by atoms with Gasteiger partial charge in [0.05, 0.1) is 12.3 Å². The van der Waals surface area contributed by atoms with Gasteiger partial charge < -0.3 is 5.11 Å². The summed E-state index contributed by atoms with van der Waals surface area (Å²) in [5.74, 6) is 0.829. The molecule has 0 saturated heterocycles. The summed E-state index contributed by atoms with van der Waals surface area (Å²) in [6.07, 6.45) is 1.68. The maximum atomic E-state index is 9.10. The monoisotopic (exact) mass is 194 g/mol. The van der Waals surface area contributed by atoms with E-state index in [0.717, 1.165) is 35.6 Å². The van der Waals surface area contributed by atoms with Crippen molar-refractivity contribution >= 4 is 5.65 Å². The van der Waals surface area contributed by atoms with Crippen LogP contribution in [0.25, 0.3) is 5.65 Å². The van der Waals surface area contributed by atoms with Gasteiger partial charge in [-0.15, -0.1) is 5.10 Å². The van der Waals surface area contributed by atoms with Crippen LogP contribution in [-0.2, 0) is 19.4 Å². The summed E-state index contributed by atoms with van der Waals surface area (Å²) in [5.41, 5.74) is 2.71. The highest BCUT2D eigenvalue weighted by Gasteiger charge is 2.12. The Balaban J connectivity index is 2.61. The van der Waals surface area contributed by atoms with Crippen LogP contribution in [0, 0.1) is 0 Å². The van der Waals surface area contributed by atoms with Gasteiger partial charge in [-0.05, 0) is 6.42 Å².